The summed E-state index contributed by atoms with van der Waals surface area (Å²) in [7, 11) is 0. The van der Waals surface area contributed by atoms with Crippen molar-refractivity contribution in [3.63, 3.8) is 0 Å². The van der Waals surface area contributed by atoms with Crippen molar-refractivity contribution in [1.29, 1.82) is 0 Å². The van der Waals surface area contributed by atoms with Crippen LogP contribution in [0.15, 0.2) is 42.4 Å². The first kappa shape index (κ1) is 15.8. The molecule has 128 valence electrons. The van der Waals surface area contributed by atoms with Crippen molar-refractivity contribution in [3.8, 4) is 11.5 Å². The fraction of sp³-hybridized carbons (Fsp3) is 0.300. The van der Waals surface area contributed by atoms with Crippen LogP contribution in [0, 0.1) is 5.92 Å². The van der Waals surface area contributed by atoms with Crippen LogP contribution in [0.25, 0.3) is 6.08 Å². The number of Topliss-reactive ketones (excluding diaryl/α,β-unsaturated/α-hetero) is 1. The lowest BCUT2D eigenvalue weighted by Gasteiger charge is -2.30. The molecule has 2 aliphatic rings. The van der Waals surface area contributed by atoms with Crippen LogP contribution in [0.3, 0.4) is 0 Å². The molecule has 0 fully saturated rings. The van der Waals surface area contributed by atoms with Crippen molar-refractivity contribution in [2.45, 2.75) is 20.4 Å². The van der Waals surface area contributed by atoms with E-state index in [2.05, 4.69) is 23.7 Å². The van der Waals surface area contributed by atoms with Gasteiger partial charge in [-0.2, -0.15) is 0 Å². The molecule has 25 heavy (non-hydrogen) atoms. The van der Waals surface area contributed by atoms with Gasteiger partial charge < -0.3 is 9.47 Å². The van der Waals surface area contributed by atoms with E-state index < -0.39 is 0 Å². The zero-order chi connectivity index (χ0) is 17.4. The number of nitrogens with zero attached hydrogens (tertiary/aromatic N) is 2. The second-order valence-corrected chi connectivity index (χ2v) is 6.82. The lowest BCUT2D eigenvalue weighted by Crippen LogP contribution is -2.34. The zero-order valence-corrected chi connectivity index (χ0v) is 14.4. The minimum absolute atomic E-state index is 0.0874. The van der Waals surface area contributed by atoms with Crippen LogP contribution in [-0.2, 0) is 6.54 Å². The average Bonchev–Trinajstić information content (AvgIpc) is 2.92. The predicted octanol–water partition coefficient (Wildman–Crippen LogP) is 3.51. The van der Waals surface area contributed by atoms with Crippen LogP contribution < -0.4 is 9.47 Å². The molecule has 5 nitrogen and oxygen atoms in total. The first-order chi connectivity index (χ1) is 12.1. The number of carbonyl (C=O) groups is 1. The highest BCUT2D eigenvalue weighted by Crippen LogP contribution is 2.42. The standard InChI is InChI=1S/C20H20N2O3/c1-13(2)10-22-11-16-17(24-12-22)4-3-15-19(23)18(25-20(15)16)9-14-5-7-21-8-6-14/h3-9,13H,10-12H2,1-2H3/b18-9-. The van der Waals surface area contributed by atoms with Crippen LogP contribution in [0.4, 0.5) is 0 Å². The number of hydrogen-bond donors (Lipinski definition) is 0. The zero-order valence-electron chi connectivity index (χ0n) is 14.4. The number of carbonyl (C=O) groups excluding carboxylic acids is 1. The van der Waals surface area contributed by atoms with Gasteiger partial charge in [-0.3, -0.25) is 14.7 Å². The molecule has 0 spiro atoms. The first-order valence-corrected chi connectivity index (χ1v) is 8.47. The van der Waals surface area contributed by atoms with E-state index in [-0.39, 0.29) is 5.78 Å². The number of pyridine rings is 1. The molecule has 0 saturated heterocycles. The topological polar surface area (TPSA) is 51.7 Å². The number of ketones is 1. The lowest BCUT2D eigenvalue weighted by molar-refractivity contribution is 0.0832. The molecule has 1 aromatic heterocycles. The summed E-state index contributed by atoms with van der Waals surface area (Å²) >= 11 is 0. The van der Waals surface area contributed by atoms with Crippen molar-refractivity contribution in [2.75, 3.05) is 13.3 Å². The molecular weight excluding hydrogens is 316 g/mol. The highest BCUT2D eigenvalue weighted by Gasteiger charge is 2.33. The van der Waals surface area contributed by atoms with E-state index in [1.165, 1.54) is 0 Å². The molecular formula is C20H20N2O3. The summed E-state index contributed by atoms with van der Waals surface area (Å²) in [5, 5.41) is 0. The maximum absolute atomic E-state index is 12.7. The maximum Gasteiger partial charge on any atom is 0.231 e. The molecule has 0 atom stereocenters. The smallest absolute Gasteiger partial charge is 0.231 e. The molecule has 3 heterocycles. The van der Waals surface area contributed by atoms with Crippen LogP contribution in [0.2, 0.25) is 0 Å². The van der Waals surface area contributed by atoms with Crippen molar-refractivity contribution >= 4 is 11.9 Å². The lowest BCUT2D eigenvalue weighted by atomic mass is 10.0. The van der Waals surface area contributed by atoms with Gasteiger partial charge in [-0.25, -0.2) is 0 Å². The van der Waals surface area contributed by atoms with Gasteiger partial charge in [-0.05, 0) is 41.8 Å². The number of benzene rings is 1. The SMILES string of the molecule is CC(C)CN1COc2ccc3c(c2C1)O/C(=C\c1ccncc1)C3=O. The Labute approximate surface area is 146 Å². The minimum atomic E-state index is -0.0874. The maximum atomic E-state index is 12.7. The molecule has 0 radical (unpaired) electrons. The van der Waals surface area contributed by atoms with E-state index in [1.54, 1.807) is 24.5 Å². The van der Waals surface area contributed by atoms with Gasteiger partial charge in [-0.15, -0.1) is 0 Å². The molecule has 4 rings (SSSR count). The van der Waals surface area contributed by atoms with Gasteiger partial charge in [-0.1, -0.05) is 13.8 Å². The Kier molecular flexibility index (Phi) is 4.01. The van der Waals surface area contributed by atoms with Gasteiger partial charge in [0.15, 0.2) is 5.76 Å². The molecule has 0 N–H and O–H groups in total. The van der Waals surface area contributed by atoms with E-state index >= 15 is 0 Å². The Morgan fingerprint density at radius 2 is 2.04 bits per heavy atom. The summed E-state index contributed by atoms with van der Waals surface area (Å²) in [4.78, 5) is 18.9. The van der Waals surface area contributed by atoms with Crippen LogP contribution >= 0.6 is 0 Å². The van der Waals surface area contributed by atoms with Crippen molar-refractivity contribution < 1.29 is 14.3 Å². The number of hydrogen-bond acceptors (Lipinski definition) is 5. The molecule has 0 aliphatic carbocycles. The normalized spacial score (nSPS) is 18.0. The third-order valence-electron chi connectivity index (χ3n) is 4.31. The third-order valence-corrected chi connectivity index (χ3v) is 4.31. The van der Waals surface area contributed by atoms with Crippen LogP contribution in [0.5, 0.6) is 11.5 Å². The monoisotopic (exact) mass is 336 g/mol. The Morgan fingerprint density at radius 1 is 1.24 bits per heavy atom. The highest BCUT2D eigenvalue weighted by molar-refractivity contribution is 6.15. The number of fused-ring (bicyclic) bond motifs is 3. The highest BCUT2D eigenvalue weighted by atomic mass is 16.5. The fourth-order valence-corrected chi connectivity index (χ4v) is 3.25. The predicted molar refractivity (Wildman–Crippen MR) is 94.4 cm³/mol. The molecule has 5 heteroatoms. The van der Waals surface area contributed by atoms with Crippen molar-refractivity contribution in [3.05, 3.63) is 59.1 Å². The number of allylic oxidation sites excluding steroid dienone is 1. The summed E-state index contributed by atoms with van der Waals surface area (Å²) < 4.78 is 11.8. The van der Waals surface area contributed by atoms with Crippen molar-refractivity contribution in [2.24, 2.45) is 5.92 Å². The van der Waals surface area contributed by atoms with E-state index in [0.29, 0.717) is 29.7 Å². The molecule has 0 bridgehead atoms. The Hall–Kier alpha value is -2.66. The quantitative estimate of drug-likeness (QED) is 0.803. The summed E-state index contributed by atoms with van der Waals surface area (Å²) in [5.41, 5.74) is 2.45. The van der Waals surface area contributed by atoms with Gasteiger partial charge in [0.25, 0.3) is 0 Å². The number of ether oxygens (including phenoxy) is 2. The van der Waals surface area contributed by atoms with Gasteiger partial charge in [0.1, 0.15) is 18.2 Å². The summed E-state index contributed by atoms with van der Waals surface area (Å²) in [6, 6.07) is 7.35. The Bertz CT molecular complexity index is 844. The second kappa shape index (κ2) is 6.33. The number of rotatable bonds is 3. The fourth-order valence-electron chi connectivity index (χ4n) is 3.25. The van der Waals surface area contributed by atoms with Crippen molar-refractivity contribution in [1.82, 2.24) is 9.88 Å². The van der Waals surface area contributed by atoms with E-state index in [9.17, 15) is 4.79 Å². The first-order valence-electron chi connectivity index (χ1n) is 8.47. The molecule has 1 aromatic carbocycles. The van der Waals surface area contributed by atoms with E-state index in [0.717, 1.165) is 30.0 Å². The summed E-state index contributed by atoms with van der Waals surface area (Å²) in [5.74, 6) is 2.24. The molecule has 0 amide bonds. The van der Waals surface area contributed by atoms with E-state index in [1.807, 2.05) is 18.2 Å². The average molecular weight is 336 g/mol. The Balaban J connectivity index is 1.67. The molecule has 2 aromatic rings. The largest absolute Gasteiger partial charge is 0.478 e. The van der Waals surface area contributed by atoms with Crippen LogP contribution in [-0.4, -0.2) is 28.9 Å². The molecule has 0 unspecified atom stereocenters. The van der Waals surface area contributed by atoms with E-state index in [4.69, 9.17) is 9.47 Å². The number of aromatic nitrogens is 1. The molecule has 0 saturated carbocycles. The van der Waals surface area contributed by atoms with Crippen LogP contribution in [0.1, 0.15) is 35.3 Å². The summed E-state index contributed by atoms with van der Waals surface area (Å²) in [6.45, 7) is 6.60. The minimum Gasteiger partial charge on any atom is -0.478 e. The Morgan fingerprint density at radius 3 is 2.80 bits per heavy atom. The third kappa shape index (κ3) is 3.03. The molecule has 2 aliphatic heterocycles. The van der Waals surface area contributed by atoms with Gasteiger partial charge in [0.05, 0.1) is 11.1 Å². The summed E-state index contributed by atoms with van der Waals surface area (Å²) in [6.07, 6.45) is 5.14. The van der Waals surface area contributed by atoms with Gasteiger partial charge in [0.2, 0.25) is 5.78 Å². The van der Waals surface area contributed by atoms with Gasteiger partial charge in [0, 0.05) is 25.5 Å². The second-order valence-electron chi connectivity index (χ2n) is 6.82. The van der Waals surface area contributed by atoms with Gasteiger partial charge >= 0.3 is 0 Å².